The standard InChI is InChI=1S/C18H26N4O3/c1-20-12-18(13-21(14-18)10-15-5-4-6-19-9-15)24-11-16(20)17(23)22-7-2-3-8-25-22/h4-6,9,16H,2-3,7-8,10-14H2,1H3. The molecule has 3 saturated heterocycles. The predicted octanol–water partition coefficient (Wildman–Crippen LogP) is 0.521. The Hall–Kier alpha value is -1.54. The Morgan fingerprint density at radius 1 is 1.36 bits per heavy atom. The van der Waals surface area contributed by atoms with Crippen molar-refractivity contribution in [2.45, 2.75) is 31.0 Å². The first-order chi connectivity index (χ1) is 12.2. The number of hydrogen-bond donors (Lipinski definition) is 0. The summed E-state index contributed by atoms with van der Waals surface area (Å²) in [4.78, 5) is 26.8. The molecule has 0 radical (unpaired) electrons. The third-order valence-electron chi connectivity index (χ3n) is 5.30. The van der Waals surface area contributed by atoms with Crippen LogP contribution in [0.1, 0.15) is 18.4 Å². The van der Waals surface area contributed by atoms with Gasteiger partial charge in [0.15, 0.2) is 0 Å². The summed E-state index contributed by atoms with van der Waals surface area (Å²) >= 11 is 0. The smallest absolute Gasteiger partial charge is 0.265 e. The van der Waals surface area contributed by atoms with Gasteiger partial charge in [0.1, 0.15) is 11.6 Å². The molecule has 25 heavy (non-hydrogen) atoms. The second-order valence-electron chi connectivity index (χ2n) is 7.41. The lowest BCUT2D eigenvalue weighted by molar-refractivity contribution is -0.224. The van der Waals surface area contributed by atoms with Crippen molar-refractivity contribution in [3.63, 3.8) is 0 Å². The van der Waals surface area contributed by atoms with E-state index in [1.807, 2.05) is 19.3 Å². The molecule has 0 bridgehead atoms. The lowest BCUT2D eigenvalue weighted by Crippen LogP contribution is -2.72. The van der Waals surface area contributed by atoms with Gasteiger partial charge in [-0.3, -0.25) is 24.4 Å². The van der Waals surface area contributed by atoms with E-state index < -0.39 is 0 Å². The van der Waals surface area contributed by atoms with Crippen molar-refractivity contribution in [1.29, 1.82) is 0 Å². The number of carbonyl (C=O) groups is 1. The van der Waals surface area contributed by atoms with Gasteiger partial charge in [-0.05, 0) is 31.5 Å². The number of hydrogen-bond acceptors (Lipinski definition) is 6. The summed E-state index contributed by atoms with van der Waals surface area (Å²) in [6.45, 7) is 5.23. The number of aromatic nitrogens is 1. The van der Waals surface area contributed by atoms with Crippen LogP contribution < -0.4 is 0 Å². The molecule has 1 spiro atoms. The summed E-state index contributed by atoms with van der Waals surface area (Å²) in [6.07, 6.45) is 5.74. The van der Waals surface area contributed by atoms with Crippen molar-refractivity contribution in [1.82, 2.24) is 19.8 Å². The molecule has 0 N–H and O–H groups in total. The van der Waals surface area contributed by atoms with Crippen LogP contribution in [0.15, 0.2) is 24.5 Å². The molecule has 7 nitrogen and oxygen atoms in total. The molecule has 1 aromatic rings. The first-order valence-electron chi connectivity index (χ1n) is 9.05. The Balaban J connectivity index is 1.29. The second-order valence-corrected chi connectivity index (χ2v) is 7.41. The highest BCUT2D eigenvalue weighted by Gasteiger charge is 2.50. The van der Waals surface area contributed by atoms with E-state index >= 15 is 0 Å². The first-order valence-corrected chi connectivity index (χ1v) is 9.05. The lowest BCUT2D eigenvalue weighted by Gasteiger charge is -2.55. The van der Waals surface area contributed by atoms with Crippen molar-refractivity contribution in [3.8, 4) is 0 Å². The molecule has 7 heteroatoms. The number of ether oxygens (including phenoxy) is 1. The summed E-state index contributed by atoms with van der Waals surface area (Å²) in [5.74, 6) is 0.0311. The molecule has 3 aliphatic heterocycles. The van der Waals surface area contributed by atoms with E-state index in [1.54, 1.807) is 6.20 Å². The van der Waals surface area contributed by atoms with Gasteiger partial charge in [-0.15, -0.1) is 0 Å². The fourth-order valence-corrected chi connectivity index (χ4v) is 4.01. The Morgan fingerprint density at radius 3 is 2.92 bits per heavy atom. The highest BCUT2D eigenvalue weighted by molar-refractivity contribution is 5.81. The van der Waals surface area contributed by atoms with Gasteiger partial charge in [-0.25, -0.2) is 5.06 Å². The minimum atomic E-state index is -0.240. The van der Waals surface area contributed by atoms with Crippen LogP contribution in [0.5, 0.6) is 0 Å². The zero-order valence-electron chi connectivity index (χ0n) is 14.8. The lowest BCUT2D eigenvalue weighted by atomic mass is 9.90. The maximum Gasteiger partial charge on any atom is 0.265 e. The number of pyridine rings is 1. The van der Waals surface area contributed by atoms with Gasteiger partial charge in [0, 0.05) is 45.1 Å². The van der Waals surface area contributed by atoms with Crippen LogP contribution in [0.4, 0.5) is 0 Å². The number of hydroxylamine groups is 2. The fraction of sp³-hybridized carbons (Fsp3) is 0.667. The van der Waals surface area contributed by atoms with Gasteiger partial charge in [0.2, 0.25) is 0 Å². The molecule has 4 heterocycles. The normalized spacial score (nSPS) is 27.2. The van der Waals surface area contributed by atoms with Gasteiger partial charge in [-0.2, -0.15) is 0 Å². The zero-order valence-corrected chi connectivity index (χ0v) is 14.8. The van der Waals surface area contributed by atoms with E-state index in [0.29, 0.717) is 19.8 Å². The number of rotatable bonds is 3. The molecule has 0 aliphatic carbocycles. The quantitative estimate of drug-likeness (QED) is 0.795. The number of nitrogens with zero attached hydrogens (tertiary/aromatic N) is 4. The third-order valence-corrected chi connectivity index (χ3v) is 5.30. The maximum absolute atomic E-state index is 12.6. The molecule has 4 rings (SSSR count). The molecular weight excluding hydrogens is 320 g/mol. The molecule has 0 aromatic carbocycles. The molecule has 1 atom stereocenters. The van der Waals surface area contributed by atoms with Crippen LogP contribution in [-0.2, 0) is 20.9 Å². The zero-order chi connectivity index (χ0) is 17.3. The fourth-order valence-electron chi connectivity index (χ4n) is 4.01. The number of carbonyl (C=O) groups excluding carboxylic acids is 1. The summed E-state index contributed by atoms with van der Waals surface area (Å²) in [5, 5.41) is 1.53. The Bertz CT molecular complexity index is 600. The molecule has 136 valence electrons. The van der Waals surface area contributed by atoms with E-state index in [2.05, 4.69) is 20.9 Å². The summed E-state index contributed by atoms with van der Waals surface area (Å²) in [7, 11) is 2.01. The van der Waals surface area contributed by atoms with Gasteiger partial charge in [0.05, 0.1) is 13.2 Å². The second kappa shape index (κ2) is 6.99. The van der Waals surface area contributed by atoms with Crippen LogP contribution in [0.3, 0.4) is 0 Å². The van der Waals surface area contributed by atoms with Crippen molar-refractivity contribution in [3.05, 3.63) is 30.1 Å². The molecule has 3 aliphatic rings. The Labute approximate surface area is 148 Å². The number of likely N-dealkylation sites (tertiary alicyclic amines) is 1. The monoisotopic (exact) mass is 346 g/mol. The van der Waals surface area contributed by atoms with Gasteiger partial charge in [0.25, 0.3) is 5.91 Å². The van der Waals surface area contributed by atoms with Crippen LogP contribution >= 0.6 is 0 Å². The van der Waals surface area contributed by atoms with E-state index in [1.165, 1.54) is 10.6 Å². The summed E-state index contributed by atoms with van der Waals surface area (Å²) < 4.78 is 6.16. The van der Waals surface area contributed by atoms with E-state index in [0.717, 1.165) is 39.0 Å². The Morgan fingerprint density at radius 2 is 2.24 bits per heavy atom. The van der Waals surface area contributed by atoms with Crippen LogP contribution in [0, 0.1) is 0 Å². The van der Waals surface area contributed by atoms with Crippen LogP contribution in [-0.4, -0.2) is 83.8 Å². The van der Waals surface area contributed by atoms with Crippen molar-refractivity contribution in [2.24, 2.45) is 0 Å². The first kappa shape index (κ1) is 16.9. The molecule has 3 fully saturated rings. The third kappa shape index (κ3) is 3.55. The van der Waals surface area contributed by atoms with Crippen molar-refractivity contribution < 1.29 is 14.4 Å². The van der Waals surface area contributed by atoms with Gasteiger partial charge >= 0.3 is 0 Å². The largest absolute Gasteiger partial charge is 0.369 e. The summed E-state index contributed by atoms with van der Waals surface area (Å²) in [6, 6.07) is 3.82. The van der Waals surface area contributed by atoms with Crippen LogP contribution in [0.25, 0.3) is 0 Å². The molecular formula is C18H26N4O3. The van der Waals surface area contributed by atoms with E-state index in [-0.39, 0.29) is 17.6 Å². The summed E-state index contributed by atoms with van der Waals surface area (Å²) in [5.41, 5.74) is 1.08. The predicted molar refractivity (Wildman–Crippen MR) is 91.5 cm³/mol. The SMILES string of the molecule is CN1CC2(CN(Cc3cccnc3)C2)OCC1C(=O)N1CCCCO1. The minimum absolute atomic E-state index is 0.0311. The van der Waals surface area contributed by atoms with Gasteiger partial charge < -0.3 is 4.74 Å². The van der Waals surface area contributed by atoms with Crippen molar-refractivity contribution in [2.75, 3.05) is 46.4 Å². The highest BCUT2D eigenvalue weighted by Crippen LogP contribution is 2.32. The highest BCUT2D eigenvalue weighted by atomic mass is 16.7. The van der Waals surface area contributed by atoms with Crippen molar-refractivity contribution >= 4 is 5.91 Å². The number of morpholine rings is 1. The number of amides is 1. The topological polar surface area (TPSA) is 58.1 Å². The molecule has 1 amide bonds. The molecule has 1 aromatic heterocycles. The van der Waals surface area contributed by atoms with E-state index in [9.17, 15) is 4.79 Å². The number of likely N-dealkylation sites (N-methyl/N-ethyl adjacent to an activating group) is 1. The van der Waals surface area contributed by atoms with Crippen LogP contribution in [0.2, 0.25) is 0 Å². The molecule has 1 unspecified atom stereocenters. The van der Waals surface area contributed by atoms with E-state index in [4.69, 9.17) is 9.57 Å². The molecule has 0 saturated carbocycles. The average Bonchev–Trinajstić information content (AvgIpc) is 2.62. The average molecular weight is 346 g/mol. The van der Waals surface area contributed by atoms with Gasteiger partial charge in [-0.1, -0.05) is 6.07 Å². The minimum Gasteiger partial charge on any atom is -0.369 e. The Kier molecular flexibility index (Phi) is 4.73. The maximum atomic E-state index is 12.6.